The lowest BCUT2D eigenvalue weighted by Crippen LogP contribution is -2.24. The predicted molar refractivity (Wildman–Crippen MR) is 53.4 cm³/mol. The topological polar surface area (TPSA) is 58.6 Å². The number of hydrogen-bond donors (Lipinski definition) is 2. The monoisotopic (exact) mass is 231 g/mol. The van der Waals surface area contributed by atoms with Crippen LogP contribution in [0.1, 0.15) is 6.92 Å². The van der Waals surface area contributed by atoms with Gasteiger partial charge in [0.15, 0.2) is 0 Å². The molecule has 0 spiro atoms. The van der Waals surface area contributed by atoms with E-state index in [-0.39, 0.29) is 5.75 Å². The molecule has 1 rings (SSSR count). The predicted octanol–water partition coefficient (Wildman–Crippen LogP) is 1.61. The Bertz CT molecular complexity index is 352. The van der Waals surface area contributed by atoms with Gasteiger partial charge in [0.1, 0.15) is 11.9 Å². The molecule has 4 nitrogen and oxygen atoms in total. The smallest absolute Gasteiger partial charge is 0.387 e. The molecule has 0 aliphatic rings. The number of amides is 1. The van der Waals surface area contributed by atoms with Crippen LogP contribution in [0.25, 0.3) is 0 Å². The summed E-state index contributed by atoms with van der Waals surface area (Å²) in [6, 6.07) is 5.39. The van der Waals surface area contributed by atoms with E-state index in [4.69, 9.17) is 5.11 Å². The standard InChI is InChI=1S/C10H11F2NO3/c1-6(14)9(15)13-7-2-4-8(5-3-7)16-10(11)12/h2-6,10,14H,1H3,(H,13,15). The highest BCUT2D eigenvalue weighted by Gasteiger charge is 2.09. The number of anilines is 1. The van der Waals surface area contributed by atoms with Crippen molar-refractivity contribution in [3.8, 4) is 5.75 Å². The Morgan fingerprint density at radius 1 is 1.38 bits per heavy atom. The number of rotatable bonds is 4. The highest BCUT2D eigenvalue weighted by Crippen LogP contribution is 2.17. The Morgan fingerprint density at radius 3 is 2.38 bits per heavy atom. The first-order valence-corrected chi connectivity index (χ1v) is 4.53. The second-order valence-corrected chi connectivity index (χ2v) is 3.07. The van der Waals surface area contributed by atoms with Crippen molar-refractivity contribution in [3.05, 3.63) is 24.3 Å². The Morgan fingerprint density at radius 2 is 1.94 bits per heavy atom. The summed E-state index contributed by atoms with van der Waals surface area (Å²) in [5.41, 5.74) is 0.396. The van der Waals surface area contributed by atoms with Crippen molar-refractivity contribution in [1.29, 1.82) is 0 Å². The molecule has 2 N–H and O–H groups in total. The van der Waals surface area contributed by atoms with E-state index in [2.05, 4.69) is 10.1 Å². The molecule has 88 valence electrons. The van der Waals surface area contributed by atoms with Crippen LogP contribution in [0.4, 0.5) is 14.5 Å². The molecular weight excluding hydrogens is 220 g/mol. The van der Waals surface area contributed by atoms with Crippen LogP contribution in [0, 0.1) is 0 Å². The lowest BCUT2D eigenvalue weighted by molar-refractivity contribution is -0.123. The third-order valence-electron chi connectivity index (χ3n) is 1.73. The molecule has 0 heterocycles. The number of aliphatic hydroxyl groups excluding tert-OH is 1. The molecule has 1 unspecified atom stereocenters. The summed E-state index contributed by atoms with van der Waals surface area (Å²) in [6.07, 6.45) is -1.13. The number of hydrogen-bond acceptors (Lipinski definition) is 3. The molecule has 1 atom stereocenters. The molecule has 0 saturated heterocycles. The average molecular weight is 231 g/mol. The lowest BCUT2D eigenvalue weighted by atomic mass is 10.3. The van der Waals surface area contributed by atoms with Crippen LogP contribution < -0.4 is 10.1 Å². The van der Waals surface area contributed by atoms with E-state index >= 15 is 0 Å². The van der Waals surface area contributed by atoms with E-state index in [0.717, 1.165) is 0 Å². The first kappa shape index (κ1) is 12.4. The maximum Gasteiger partial charge on any atom is 0.387 e. The number of carbonyl (C=O) groups is 1. The van der Waals surface area contributed by atoms with Crippen molar-refractivity contribution in [1.82, 2.24) is 0 Å². The Hall–Kier alpha value is -1.69. The molecule has 1 aromatic rings. The van der Waals surface area contributed by atoms with Gasteiger partial charge in [-0.05, 0) is 31.2 Å². The highest BCUT2D eigenvalue weighted by atomic mass is 19.3. The van der Waals surface area contributed by atoms with Crippen LogP contribution in [-0.4, -0.2) is 23.7 Å². The quantitative estimate of drug-likeness (QED) is 0.827. The number of benzene rings is 1. The van der Waals surface area contributed by atoms with Crippen LogP contribution in [0.5, 0.6) is 5.75 Å². The summed E-state index contributed by atoms with van der Waals surface area (Å²) in [7, 11) is 0. The van der Waals surface area contributed by atoms with Gasteiger partial charge in [-0.15, -0.1) is 0 Å². The summed E-state index contributed by atoms with van der Waals surface area (Å²) in [6.45, 7) is -1.55. The molecule has 0 aromatic heterocycles. The van der Waals surface area contributed by atoms with E-state index in [1.54, 1.807) is 0 Å². The summed E-state index contributed by atoms with van der Waals surface area (Å²) >= 11 is 0. The maximum absolute atomic E-state index is 11.8. The van der Waals surface area contributed by atoms with Crippen LogP contribution in [0.3, 0.4) is 0 Å². The molecule has 1 aromatic carbocycles. The van der Waals surface area contributed by atoms with Gasteiger partial charge in [-0.1, -0.05) is 0 Å². The van der Waals surface area contributed by atoms with E-state index in [0.29, 0.717) is 5.69 Å². The molecular formula is C10H11F2NO3. The first-order chi connectivity index (χ1) is 7.49. The van der Waals surface area contributed by atoms with E-state index in [9.17, 15) is 13.6 Å². The minimum absolute atomic E-state index is 0.00467. The summed E-state index contributed by atoms with van der Waals surface area (Å²) in [5, 5.41) is 11.3. The SMILES string of the molecule is CC(O)C(=O)Nc1ccc(OC(F)F)cc1. The van der Waals surface area contributed by atoms with Gasteiger partial charge in [-0.3, -0.25) is 4.79 Å². The minimum atomic E-state index is -2.88. The molecule has 0 aliphatic heterocycles. The number of halogens is 2. The van der Waals surface area contributed by atoms with Crippen LogP contribution in [0.15, 0.2) is 24.3 Å². The Labute approximate surface area is 90.8 Å². The summed E-state index contributed by atoms with van der Waals surface area (Å²) in [4.78, 5) is 11.1. The molecule has 0 bridgehead atoms. The average Bonchev–Trinajstić information content (AvgIpc) is 2.20. The summed E-state index contributed by atoms with van der Waals surface area (Å²) in [5.74, 6) is -0.562. The zero-order valence-corrected chi connectivity index (χ0v) is 8.48. The number of alkyl halides is 2. The minimum Gasteiger partial charge on any atom is -0.435 e. The number of ether oxygens (including phenoxy) is 1. The zero-order chi connectivity index (χ0) is 12.1. The third-order valence-corrected chi connectivity index (χ3v) is 1.73. The molecule has 0 fully saturated rings. The molecule has 6 heteroatoms. The van der Waals surface area contributed by atoms with Gasteiger partial charge in [-0.2, -0.15) is 8.78 Å². The van der Waals surface area contributed by atoms with Crippen molar-refractivity contribution in [2.75, 3.05) is 5.32 Å². The second kappa shape index (κ2) is 5.41. The second-order valence-electron chi connectivity index (χ2n) is 3.07. The molecule has 16 heavy (non-hydrogen) atoms. The molecule has 1 amide bonds. The Kier molecular flexibility index (Phi) is 4.19. The number of aliphatic hydroxyl groups is 1. The highest BCUT2D eigenvalue weighted by molar-refractivity contribution is 5.93. The van der Waals surface area contributed by atoms with Gasteiger partial charge in [0.25, 0.3) is 5.91 Å². The fourth-order valence-electron chi connectivity index (χ4n) is 0.966. The van der Waals surface area contributed by atoms with Crippen LogP contribution >= 0.6 is 0 Å². The number of nitrogens with one attached hydrogen (secondary N) is 1. The number of carbonyl (C=O) groups excluding carboxylic acids is 1. The fourth-order valence-corrected chi connectivity index (χ4v) is 0.966. The van der Waals surface area contributed by atoms with E-state index in [1.807, 2.05) is 0 Å². The van der Waals surface area contributed by atoms with Gasteiger partial charge >= 0.3 is 6.61 Å². The van der Waals surface area contributed by atoms with Crippen molar-refractivity contribution in [2.45, 2.75) is 19.6 Å². The normalized spacial score (nSPS) is 12.3. The van der Waals surface area contributed by atoms with E-state index < -0.39 is 18.6 Å². The molecule has 0 radical (unpaired) electrons. The van der Waals surface area contributed by atoms with Gasteiger partial charge in [0.2, 0.25) is 0 Å². The molecule has 0 saturated carbocycles. The van der Waals surface area contributed by atoms with E-state index in [1.165, 1.54) is 31.2 Å². The van der Waals surface area contributed by atoms with Crippen LogP contribution in [0.2, 0.25) is 0 Å². The van der Waals surface area contributed by atoms with Gasteiger partial charge in [0.05, 0.1) is 0 Å². The van der Waals surface area contributed by atoms with Crippen molar-refractivity contribution in [3.63, 3.8) is 0 Å². The first-order valence-electron chi connectivity index (χ1n) is 4.53. The van der Waals surface area contributed by atoms with Crippen LogP contribution in [-0.2, 0) is 4.79 Å². The van der Waals surface area contributed by atoms with Gasteiger partial charge in [0, 0.05) is 5.69 Å². The summed E-state index contributed by atoms with van der Waals surface area (Å²) < 4.78 is 27.8. The maximum atomic E-state index is 11.8. The Balaban J connectivity index is 2.61. The van der Waals surface area contributed by atoms with Crippen molar-refractivity contribution < 1.29 is 23.4 Å². The fraction of sp³-hybridized carbons (Fsp3) is 0.300. The largest absolute Gasteiger partial charge is 0.435 e. The molecule has 0 aliphatic carbocycles. The van der Waals surface area contributed by atoms with Crippen molar-refractivity contribution >= 4 is 11.6 Å². The third kappa shape index (κ3) is 3.82. The van der Waals surface area contributed by atoms with Gasteiger partial charge in [-0.25, -0.2) is 0 Å². The van der Waals surface area contributed by atoms with Gasteiger partial charge < -0.3 is 15.2 Å². The zero-order valence-electron chi connectivity index (χ0n) is 8.48. The van der Waals surface area contributed by atoms with Crippen molar-refractivity contribution in [2.24, 2.45) is 0 Å². The lowest BCUT2D eigenvalue weighted by Gasteiger charge is -2.08.